The Labute approximate surface area is 189 Å². The van der Waals surface area contributed by atoms with Crippen LogP contribution in [0.2, 0.25) is 5.02 Å². The zero-order valence-electron chi connectivity index (χ0n) is 18.7. The highest BCUT2D eigenvalue weighted by Crippen LogP contribution is 2.41. The molecule has 0 aromatic heterocycles. The van der Waals surface area contributed by atoms with E-state index in [1.54, 1.807) is 0 Å². The molecular formula is C29H39Cl. The Morgan fingerprint density at radius 1 is 0.700 bits per heavy atom. The smallest absolute Gasteiger partial charge is 0.0406 e. The first-order chi connectivity index (χ1) is 14.7. The van der Waals surface area contributed by atoms with Gasteiger partial charge < -0.3 is 0 Å². The summed E-state index contributed by atoms with van der Waals surface area (Å²) in [6.45, 7) is 2.42. The average molecular weight is 423 g/mol. The zero-order valence-corrected chi connectivity index (χ0v) is 19.5. The summed E-state index contributed by atoms with van der Waals surface area (Å²) in [7, 11) is 0. The Hall–Kier alpha value is -1.27. The third-order valence-corrected chi connectivity index (χ3v) is 8.45. The van der Waals surface area contributed by atoms with Gasteiger partial charge in [0.2, 0.25) is 0 Å². The molecule has 30 heavy (non-hydrogen) atoms. The molecule has 0 saturated heterocycles. The highest BCUT2D eigenvalue weighted by molar-refractivity contribution is 6.30. The maximum atomic E-state index is 6.05. The highest BCUT2D eigenvalue weighted by atomic mass is 35.5. The monoisotopic (exact) mass is 422 g/mol. The van der Waals surface area contributed by atoms with Gasteiger partial charge in [-0.2, -0.15) is 0 Å². The molecule has 0 radical (unpaired) electrons. The summed E-state index contributed by atoms with van der Waals surface area (Å²) in [6, 6.07) is 19.7. The van der Waals surface area contributed by atoms with E-state index in [-0.39, 0.29) is 0 Å². The quantitative estimate of drug-likeness (QED) is 0.416. The topological polar surface area (TPSA) is 0 Å². The lowest BCUT2D eigenvalue weighted by molar-refractivity contribution is 0.220. The molecular weight excluding hydrogens is 384 g/mol. The fourth-order valence-corrected chi connectivity index (χ4v) is 6.29. The molecule has 2 saturated carbocycles. The lowest BCUT2D eigenvalue weighted by atomic mass is 9.73. The molecule has 2 aliphatic rings. The molecule has 0 nitrogen and oxygen atoms in total. The fourth-order valence-electron chi connectivity index (χ4n) is 6.16. The largest absolute Gasteiger partial charge is 0.0843 e. The van der Waals surface area contributed by atoms with Crippen molar-refractivity contribution in [1.29, 1.82) is 0 Å². The van der Waals surface area contributed by atoms with Crippen LogP contribution in [0.15, 0.2) is 54.6 Å². The van der Waals surface area contributed by atoms with Crippen molar-refractivity contribution < 1.29 is 0 Å². The molecule has 0 unspecified atom stereocenters. The van der Waals surface area contributed by atoms with E-state index < -0.39 is 0 Å². The summed E-state index contributed by atoms with van der Waals surface area (Å²) in [5, 5.41) is 0.858. The van der Waals surface area contributed by atoms with Crippen molar-refractivity contribution in [3.8, 4) is 0 Å². The summed E-state index contributed by atoms with van der Waals surface area (Å²) < 4.78 is 0. The highest BCUT2D eigenvalue weighted by Gasteiger charge is 2.26. The van der Waals surface area contributed by atoms with Crippen LogP contribution < -0.4 is 0 Å². The van der Waals surface area contributed by atoms with Crippen molar-refractivity contribution in [2.45, 2.75) is 89.4 Å². The van der Waals surface area contributed by atoms with Gasteiger partial charge in [0.25, 0.3) is 0 Å². The second kappa shape index (κ2) is 10.9. The van der Waals surface area contributed by atoms with E-state index in [1.165, 1.54) is 81.8 Å². The number of rotatable bonds is 7. The van der Waals surface area contributed by atoms with E-state index >= 15 is 0 Å². The summed E-state index contributed by atoms with van der Waals surface area (Å²) in [5.41, 5.74) is 3.02. The lowest BCUT2D eigenvalue weighted by Gasteiger charge is -2.33. The molecule has 1 heteroatoms. The van der Waals surface area contributed by atoms with E-state index in [4.69, 9.17) is 11.6 Å². The molecule has 2 fully saturated rings. The zero-order chi connectivity index (χ0) is 20.8. The van der Waals surface area contributed by atoms with Gasteiger partial charge in [-0.25, -0.2) is 0 Å². The molecule has 0 heterocycles. The molecule has 0 bridgehead atoms. The van der Waals surface area contributed by atoms with Crippen LogP contribution in [0.5, 0.6) is 0 Å². The van der Waals surface area contributed by atoms with E-state index in [9.17, 15) is 0 Å². The molecule has 0 aliphatic heterocycles. The lowest BCUT2D eigenvalue weighted by Crippen LogP contribution is -2.18. The summed E-state index contributed by atoms with van der Waals surface area (Å²) in [5.74, 6) is 4.40. The summed E-state index contributed by atoms with van der Waals surface area (Å²) in [4.78, 5) is 0. The van der Waals surface area contributed by atoms with Crippen molar-refractivity contribution in [3.05, 3.63) is 70.7 Å². The molecule has 2 aromatic rings. The normalized spacial score (nSPS) is 28.2. The third kappa shape index (κ3) is 6.13. The van der Waals surface area contributed by atoms with Gasteiger partial charge in [-0.1, -0.05) is 99.5 Å². The Kier molecular flexibility index (Phi) is 7.94. The molecule has 2 aliphatic carbocycles. The average Bonchev–Trinajstić information content (AvgIpc) is 2.80. The van der Waals surface area contributed by atoms with Gasteiger partial charge in [0, 0.05) is 5.02 Å². The van der Waals surface area contributed by atoms with Crippen LogP contribution in [0.4, 0.5) is 0 Å². The third-order valence-electron chi connectivity index (χ3n) is 8.19. The Morgan fingerprint density at radius 2 is 1.23 bits per heavy atom. The van der Waals surface area contributed by atoms with Crippen LogP contribution >= 0.6 is 11.6 Å². The fraction of sp³-hybridized carbons (Fsp3) is 0.586. The van der Waals surface area contributed by atoms with Crippen molar-refractivity contribution in [1.82, 2.24) is 0 Å². The summed E-state index contributed by atoms with van der Waals surface area (Å²) in [6.07, 6.45) is 15.8. The molecule has 4 rings (SSSR count). The number of halogens is 1. The minimum atomic E-state index is 0.712. The predicted molar refractivity (Wildman–Crippen MR) is 130 cm³/mol. The number of hydrogen-bond donors (Lipinski definition) is 0. The minimum Gasteiger partial charge on any atom is -0.0843 e. The maximum absolute atomic E-state index is 6.05. The van der Waals surface area contributed by atoms with E-state index in [1.807, 2.05) is 0 Å². The van der Waals surface area contributed by atoms with Crippen molar-refractivity contribution in [3.63, 3.8) is 0 Å². The minimum absolute atomic E-state index is 0.712. The van der Waals surface area contributed by atoms with Gasteiger partial charge in [0.1, 0.15) is 0 Å². The van der Waals surface area contributed by atoms with Gasteiger partial charge in [0.15, 0.2) is 0 Å². The first-order valence-corrected chi connectivity index (χ1v) is 12.9. The van der Waals surface area contributed by atoms with E-state index in [0.717, 1.165) is 28.7 Å². The molecule has 0 N–H and O–H groups in total. The molecule has 0 spiro atoms. The van der Waals surface area contributed by atoms with Crippen LogP contribution in [-0.2, 0) is 0 Å². The van der Waals surface area contributed by atoms with Crippen LogP contribution in [0.25, 0.3) is 0 Å². The number of benzene rings is 2. The molecule has 0 amide bonds. The standard InChI is InChI=1S/C29H39Cl/c1-22(26-5-3-2-4-6-26)21-25-11-9-23(10-12-25)7-8-24-13-15-27(16-14-24)28-17-19-29(30)20-18-28/h2-6,17-20,22-25,27H,7-16,21H2,1H3/t22-,23?,24?,25?,27?/m1/s1. The van der Waals surface area contributed by atoms with Crippen LogP contribution in [0.3, 0.4) is 0 Å². The molecule has 2 aromatic carbocycles. The molecule has 162 valence electrons. The van der Waals surface area contributed by atoms with Gasteiger partial charge >= 0.3 is 0 Å². The first kappa shape index (κ1) is 21.9. The second-order valence-corrected chi connectivity index (χ2v) is 10.7. The Balaban J connectivity index is 1.13. The van der Waals surface area contributed by atoms with Crippen LogP contribution in [-0.4, -0.2) is 0 Å². The Morgan fingerprint density at radius 3 is 1.83 bits per heavy atom. The predicted octanol–water partition coefficient (Wildman–Crippen LogP) is 9.39. The van der Waals surface area contributed by atoms with E-state index in [2.05, 4.69) is 61.5 Å². The second-order valence-electron chi connectivity index (χ2n) is 10.3. The number of hydrogen-bond acceptors (Lipinski definition) is 0. The van der Waals surface area contributed by atoms with Crippen LogP contribution in [0.1, 0.15) is 101 Å². The van der Waals surface area contributed by atoms with Crippen LogP contribution in [0, 0.1) is 17.8 Å². The van der Waals surface area contributed by atoms with Crippen molar-refractivity contribution in [2.75, 3.05) is 0 Å². The SMILES string of the molecule is C[C@H](CC1CCC(CCC2CCC(c3ccc(Cl)cc3)CC2)CC1)c1ccccc1. The first-order valence-electron chi connectivity index (χ1n) is 12.5. The van der Waals surface area contributed by atoms with Crippen molar-refractivity contribution in [2.24, 2.45) is 17.8 Å². The van der Waals surface area contributed by atoms with Gasteiger partial charge in [-0.15, -0.1) is 0 Å². The molecule has 1 atom stereocenters. The van der Waals surface area contributed by atoms with Gasteiger partial charge in [0.05, 0.1) is 0 Å². The Bertz CT molecular complexity index is 734. The van der Waals surface area contributed by atoms with Gasteiger partial charge in [-0.05, 0) is 85.0 Å². The maximum Gasteiger partial charge on any atom is 0.0406 e. The van der Waals surface area contributed by atoms with E-state index in [0.29, 0.717) is 5.92 Å². The van der Waals surface area contributed by atoms with Crippen molar-refractivity contribution >= 4 is 11.6 Å². The van der Waals surface area contributed by atoms with Gasteiger partial charge in [-0.3, -0.25) is 0 Å². The summed E-state index contributed by atoms with van der Waals surface area (Å²) >= 11 is 6.05.